The van der Waals surface area contributed by atoms with Gasteiger partial charge < -0.3 is 10.1 Å². The molecule has 27 heavy (non-hydrogen) atoms. The summed E-state index contributed by atoms with van der Waals surface area (Å²) in [7, 11) is 0. The third-order valence-corrected chi connectivity index (χ3v) is 4.23. The number of urea groups is 2. The molecule has 1 heterocycles. The van der Waals surface area contributed by atoms with Crippen molar-refractivity contribution in [3.05, 3.63) is 71.3 Å². The van der Waals surface area contributed by atoms with Crippen LogP contribution in [0.1, 0.15) is 16.7 Å². The lowest BCUT2D eigenvalue weighted by Crippen LogP contribution is -2.41. The zero-order valence-electron chi connectivity index (χ0n) is 14.7. The molecule has 7 heteroatoms. The van der Waals surface area contributed by atoms with E-state index in [2.05, 4.69) is 10.4 Å². The highest BCUT2D eigenvalue weighted by atomic mass is 16.2. The Labute approximate surface area is 157 Å². The Morgan fingerprint density at radius 3 is 2.48 bits per heavy atom. The molecule has 1 aliphatic rings. The minimum absolute atomic E-state index is 0.250. The Bertz CT molecular complexity index is 851. The Morgan fingerprint density at radius 1 is 1.04 bits per heavy atom. The van der Waals surface area contributed by atoms with Crippen LogP contribution in [0, 0.1) is 0 Å². The molecule has 0 aromatic heterocycles. The maximum Gasteiger partial charge on any atom is 0.348 e. The molecule has 1 aliphatic heterocycles. The molecule has 3 rings (SSSR count). The molecule has 1 N–H and O–H groups in total. The van der Waals surface area contributed by atoms with Gasteiger partial charge in [-0.1, -0.05) is 54.6 Å². The highest BCUT2D eigenvalue weighted by molar-refractivity contribution is 5.95. The number of amides is 4. The molecule has 138 valence electrons. The van der Waals surface area contributed by atoms with E-state index in [-0.39, 0.29) is 19.5 Å². The van der Waals surface area contributed by atoms with Gasteiger partial charge in [0.05, 0.1) is 19.3 Å². The molecule has 0 atom stereocenters. The summed E-state index contributed by atoms with van der Waals surface area (Å²) in [5, 5.41) is 8.17. The molecule has 2 aromatic rings. The minimum atomic E-state index is -0.474. The molecule has 0 unspecified atom stereocenters. The summed E-state index contributed by atoms with van der Waals surface area (Å²) in [5.41, 5.74) is 2.58. The molecule has 1 saturated heterocycles. The highest BCUT2D eigenvalue weighted by Crippen LogP contribution is 2.12. The number of imide groups is 1. The zero-order valence-corrected chi connectivity index (χ0v) is 14.7. The van der Waals surface area contributed by atoms with Gasteiger partial charge in [-0.25, -0.2) is 19.5 Å². The number of benzene rings is 2. The van der Waals surface area contributed by atoms with E-state index >= 15 is 0 Å². The molecule has 0 spiro atoms. The van der Waals surface area contributed by atoms with E-state index in [0.29, 0.717) is 6.54 Å². The van der Waals surface area contributed by atoms with Gasteiger partial charge in [-0.15, -0.1) is 0 Å². The number of carbonyl (C=O) groups excluding carboxylic acids is 3. The number of hydrogen-bond acceptors (Lipinski definition) is 4. The van der Waals surface area contributed by atoms with Crippen LogP contribution in [0.5, 0.6) is 0 Å². The molecule has 7 nitrogen and oxygen atoms in total. The lowest BCUT2D eigenvalue weighted by molar-refractivity contribution is -0.107. The van der Waals surface area contributed by atoms with Crippen LogP contribution in [-0.4, -0.2) is 47.6 Å². The van der Waals surface area contributed by atoms with Crippen LogP contribution in [0.4, 0.5) is 9.59 Å². The lowest BCUT2D eigenvalue weighted by atomic mass is 10.1. The second kappa shape index (κ2) is 8.75. The second-order valence-electron chi connectivity index (χ2n) is 6.01. The van der Waals surface area contributed by atoms with Gasteiger partial charge in [-0.05, 0) is 16.7 Å². The van der Waals surface area contributed by atoms with Crippen LogP contribution in [0.2, 0.25) is 0 Å². The standard InChI is InChI=1S/C20H20N4O3/c25-13-10-17-8-4-5-9-18(17)15-21-19(26)23-11-12-24(20(23)27)22-14-16-6-2-1-3-7-16/h1-9,13-14H,10-12,15H2,(H,21,26). The first-order valence-corrected chi connectivity index (χ1v) is 8.65. The van der Waals surface area contributed by atoms with Gasteiger partial charge in [0.2, 0.25) is 0 Å². The third kappa shape index (κ3) is 4.58. The molecule has 4 amide bonds. The van der Waals surface area contributed by atoms with Crippen molar-refractivity contribution < 1.29 is 14.4 Å². The molecular weight excluding hydrogens is 344 g/mol. The Balaban J connectivity index is 1.57. The van der Waals surface area contributed by atoms with Gasteiger partial charge >= 0.3 is 12.1 Å². The zero-order chi connectivity index (χ0) is 19.1. The number of nitrogens with zero attached hydrogens (tertiary/aromatic N) is 3. The van der Waals surface area contributed by atoms with Crippen molar-refractivity contribution in [3.63, 3.8) is 0 Å². The van der Waals surface area contributed by atoms with Gasteiger partial charge in [0.1, 0.15) is 6.29 Å². The quantitative estimate of drug-likeness (QED) is 0.631. The Hall–Kier alpha value is -3.48. The maximum atomic E-state index is 12.4. The summed E-state index contributed by atoms with van der Waals surface area (Å²) < 4.78 is 0. The minimum Gasteiger partial charge on any atom is -0.333 e. The van der Waals surface area contributed by atoms with Crippen molar-refractivity contribution in [2.45, 2.75) is 13.0 Å². The van der Waals surface area contributed by atoms with Crippen molar-refractivity contribution in [3.8, 4) is 0 Å². The van der Waals surface area contributed by atoms with E-state index in [1.807, 2.05) is 54.6 Å². The van der Waals surface area contributed by atoms with E-state index in [1.165, 1.54) is 5.01 Å². The van der Waals surface area contributed by atoms with E-state index < -0.39 is 12.1 Å². The van der Waals surface area contributed by atoms with Crippen LogP contribution in [0.15, 0.2) is 59.7 Å². The molecule has 0 radical (unpaired) electrons. The predicted octanol–water partition coefficient (Wildman–Crippen LogP) is 2.41. The summed E-state index contributed by atoms with van der Waals surface area (Å²) in [6.45, 7) is 0.865. The van der Waals surface area contributed by atoms with Crippen LogP contribution >= 0.6 is 0 Å². The number of hydrogen-bond donors (Lipinski definition) is 1. The Kier molecular flexibility index (Phi) is 5.94. The summed E-state index contributed by atoms with van der Waals surface area (Å²) in [6, 6.07) is 15.9. The largest absolute Gasteiger partial charge is 0.348 e. The smallest absolute Gasteiger partial charge is 0.333 e. The van der Waals surface area contributed by atoms with E-state index in [1.54, 1.807) is 6.21 Å². The molecule has 0 saturated carbocycles. The molecule has 2 aromatic carbocycles. The van der Waals surface area contributed by atoms with Gasteiger partial charge in [-0.3, -0.25) is 0 Å². The number of carbonyl (C=O) groups is 3. The Morgan fingerprint density at radius 2 is 1.74 bits per heavy atom. The molecule has 0 aliphatic carbocycles. The van der Waals surface area contributed by atoms with Crippen molar-refractivity contribution in [2.75, 3.05) is 13.1 Å². The van der Waals surface area contributed by atoms with E-state index in [4.69, 9.17) is 0 Å². The highest BCUT2D eigenvalue weighted by Gasteiger charge is 2.33. The summed E-state index contributed by atoms with van der Waals surface area (Å²) in [4.78, 5) is 36.6. The summed E-state index contributed by atoms with van der Waals surface area (Å²) in [5.74, 6) is 0. The van der Waals surface area contributed by atoms with Crippen LogP contribution in [0.3, 0.4) is 0 Å². The first-order chi connectivity index (χ1) is 13.2. The van der Waals surface area contributed by atoms with Crippen molar-refractivity contribution in [1.29, 1.82) is 0 Å². The van der Waals surface area contributed by atoms with Crippen molar-refractivity contribution in [1.82, 2.24) is 15.2 Å². The maximum absolute atomic E-state index is 12.4. The van der Waals surface area contributed by atoms with Crippen molar-refractivity contribution >= 4 is 24.6 Å². The topological polar surface area (TPSA) is 82.1 Å². The van der Waals surface area contributed by atoms with E-state index in [9.17, 15) is 14.4 Å². The van der Waals surface area contributed by atoms with Gasteiger partial charge in [-0.2, -0.15) is 5.10 Å². The van der Waals surface area contributed by atoms with Gasteiger partial charge in [0, 0.05) is 13.0 Å². The molecule has 1 fully saturated rings. The monoisotopic (exact) mass is 364 g/mol. The number of rotatable bonds is 6. The van der Waals surface area contributed by atoms with Crippen LogP contribution < -0.4 is 5.32 Å². The molecule has 0 bridgehead atoms. The number of nitrogens with one attached hydrogen (secondary N) is 1. The third-order valence-electron chi connectivity index (χ3n) is 4.23. The normalized spacial score (nSPS) is 14.0. The van der Waals surface area contributed by atoms with Crippen LogP contribution in [0.25, 0.3) is 0 Å². The number of aldehydes is 1. The average Bonchev–Trinajstić information content (AvgIpc) is 3.07. The SMILES string of the molecule is O=CCc1ccccc1CNC(=O)N1CCN(N=Cc2ccccc2)C1=O. The summed E-state index contributed by atoms with van der Waals surface area (Å²) in [6.07, 6.45) is 2.71. The predicted molar refractivity (Wildman–Crippen MR) is 101 cm³/mol. The van der Waals surface area contributed by atoms with Gasteiger partial charge in [0.25, 0.3) is 0 Å². The first-order valence-electron chi connectivity index (χ1n) is 8.65. The lowest BCUT2D eigenvalue weighted by Gasteiger charge is -2.16. The average molecular weight is 364 g/mol. The number of hydrazone groups is 1. The van der Waals surface area contributed by atoms with Gasteiger partial charge in [0.15, 0.2) is 0 Å². The second-order valence-corrected chi connectivity index (χ2v) is 6.01. The first kappa shape index (κ1) is 18.3. The fourth-order valence-corrected chi connectivity index (χ4v) is 2.78. The fourth-order valence-electron chi connectivity index (χ4n) is 2.78. The van der Waals surface area contributed by atoms with Crippen molar-refractivity contribution in [2.24, 2.45) is 5.10 Å². The molecular formula is C20H20N4O3. The fraction of sp³-hybridized carbons (Fsp3) is 0.200. The summed E-state index contributed by atoms with van der Waals surface area (Å²) >= 11 is 0. The van der Waals surface area contributed by atoms with Crippen LogP contribution in [-0.2, 0) is 17.8 Å². The van der Waals surface area contributed by atoms with E-state index in [0.717, 1.165) is 27.9 Å².